The summed E-state index contributed by atoms with van der Waals surface area (Å²) in [6.07, 6.45) is 0. The monoisotopic (exact) mass is 342 g/mol. The molecule has 0 aliphatic rings. The number of carbonyl (C=O) groups excluding carboxylic acids is 1. The van der Waals surface area contributed by atoms with Gasteiger partial charge in [0.25, 0.3) is 0 Å². The van der Waals surface area contributed by atoms with E-state index in [0.717, 1.165) is 22.3 Å². The van der Waals surface area contributed by atoms with Crippen molar-refractivity contribution in [3.05, 3.63) is 43.7 Å². The molecule has 0 aromatic carbocycles. The van der Waals surface area contributed by atoms with E-state index in [1.807, 2.05) is 42.3 Å². The average Bonchev–Trinajstić information content (AvgIpc) is 3.13. The summed E-state index contributed by atoms with van der Waals surface area (Å²) in [7, 11) is 0. The molecule has 0 bridgehead atoms. The van der Waals surface area contributed by atoms with Gasteiger partial charge in [-0.05, 0) is 37.4 Å². The molecule has 1 N–H and O–H groups in total. The topological polar surface area (TPSA) is 32.3 Å². The normalized spacial score (nSPS) is 12.3. The smallest absolute Gasteiger partial charge is 0.236 e. The van der Waals surface area contributed by atoms with E-state index in [-0.39, 0.29) is 11.9 Å². The van der Waals surface area contributed by atoms with Crippen molar-refractivity contribution in [3.8, 4) is 0 Å². The molecule has 6 heteroatoms. The fraction of sp³-hybridized carbons (Fsp3) is 0.400. The molecule has 21 heavy (non-hydrogen) atoms. The van der Waals surface area contributed by atoms with Crippen LogP contribution in [-0.2, 0) is 4.79 Å². The molecule has 0 spiro atoms. The summed E-state index contributed by atoms with van der Waals surface area (Å²) in [5.41, 5.74) is 0. The highest BCUT2D eigenvalue weighted by atomic mass is 35.5. The molecule has 114 valence electrons. The second-order valence-corrected chi connectivity index (χ2v) is 7.26. The van der Waals surface area contributed by atoms with Crippen molar-refractivity contribution >= 4 is 40.2 Å². The van der Waals surface area contributed by atoms with Gasteiger partial charge in [0.1, 0.15) is 0 Å². The number of likely N-dealkylation sites (N-methyl/N-ethyl adjacent to an activating group) is 1. The minimum absolute atomic E-state index is 0.0296. The Bertz CT molecular complexity index is 564. The van der Waals surface area contributed by atoms with Crippen molar-refractivity contribution in [3.63, 3.8) is 0 Å². The van der Waals surface area contributed by atoms with Gasteiger partial charge in [0.15, 0.2) is 0 Å². The first-order chi connectivity index (χ1) is 10.2. The Kier molecular flexibility index (Phi) is 6.23. The van der Waals surface area contributed by atoms with Crippen molar-refractivity contribution in [2.24, 2.45) is 0 Å². The van der Waals surface area contributed by atoms with Gasteiger partial charge in [-0.15, -0.1) is 22.7 Å². The third-order valence-corrected chi connectivity index (χ3v) is 5.51. The lowest BCUT2D eigenvalue weighted by atomic mass is 10.2. The van der Waals surface area contributed by atoms with Gasteiger partial charge < -0.3 is 4.90 Å². The van der Waals surface area contributed by atoms with E-state index in [9.17, 15) is 4.79 Å². The maximum atomic E-state index is 12.2. The van der Waals surface area contributed by atoms with Crippen LogP contribution in [0.3, 0.4) is 0 Å². The van der Waals surface area contributed by atoms with Crippen molar-refractivity contribution < 1.29 is 4.79 Å². The first-order valence-corrected chi connectivity index (χ1v) is 9.02. The lowest BCUT2D eigenvalue weighted by Gasteiger charge is -2.21. The average molecular weight is 343 g/mol. The van der Waals surface area contributed by atoms with Gasteiger partial charge >= 0.3 is 0 Å². The fourth-order valence-electron chi connectivity index (χ4n) is 2.16. The van der Waals surface area contributed by atoms with Crippen LogP contribution in [0, 0.1) is 0 Å². The first kappa shape index (κ1) is 16.5. The summed E-state index contributed by atoms with van der Waals surface area (Å²) in [4.78, 5) is 16.3. The van der Waals surface area contributed by atoms with Crippen molar-refractivity contribution in [2.45, 2.75) is 19.9 Å². The molecule has 0 aliphatic carbocycles. The Balaban J connectivity index is 2.09. The molecule has 2 heterocycles. The van der Waals surface area contributed by atoms with Crippen molar-refractivity contribution in [1.82, 2.24) is 10.2 Å². The molecule has 0 fully saturated rings. The van der Waals surface area contributed by atoms with E-state index >= 15 is 0 Å². The second kappa shape index (κ2) is 7.94. The Morgan fingerprint density at radius 3 is 2.57 bits per heavy atom. The molecule has 0 aliphatic heterocycles. The largest absolute Gasteiger partial charge is 0.342 e. The van der Waals surface area contributed by atoms with E-state index in [0.29, 0.717) is 6.54 Å². The summed E-state index contributed by atoms with van der Waals surface area (Å²) in [5, 5.41) is 5.42. The highest BCUT2D eigenvalue weighted by Crippen LogP contribution is 2.32. The lowest BCUT2D eigenvalue weighted by Crippen LogP contribution is -2.39. The van der Waals surface area contributed by atoms with E-state index in [4.69, 9.17) is 11.6 Å². The highest BCUT2D eigenvalue weighted by Gasteiger charge is 2.19. The second-order valence-electron chi connectivity index (χ2n) is 4.54. The van der Waals surface area contributed by atoms with E-state index in [1.54, 1.807) is 22.7 Å². The number of hydrogen-bond donors (Lipinski definition) is 1. The van der Waals surface area contributed by atoms with Crippen LogP contribution in [0.25, 0.3) is 0 Å². The Morgan fingerprint density at radius 2 is 2.05 bits per heavy atom. The van der Waals surface area contributed by atoms with Gasteiger partial charge in [-0.2, -0.15) is 0 Å². The SMILES string of the molecule is CCN(CC)C(=O)CNC(c1cccs1)c1ccc(Cl)s1. The van der Waals surface area contributed by atoms with Crippen LogP contribution in [0.15, 0.2) is 29.6 Å². The zero-order chi connectivity index (χ0) is 15.2. The van der Waals surface area contributed by atoms with Gasteiger partial charge in [-0.3, -0.25) is 10.1 Å². The van der Waals surface area contributed by atoms with Crippen LogP contribution in [-0.4, -0.2) is 30.4 Å². The summed E-state index contributed by atoms with van der Waals surface area (Å²) >= 11 is 9.28. The molecular weight excluding hydrogens is 324 g/mol. The number of thiophene rings is 2. The van der Waals surface area contributed by atoms with Gasteiger partial charge in [0, 0.05) is 22.8 Å². The van der Waals surface area contributed by atoms with Crippen LogP contribution in [0.2, 0.25) is 4.34 Å². The first-order valence-electron chi connectivity index (χ1n) is 6.95. The number of nitrogens with zero attached hydrogens (tertiary/aromatic N) is 1. The van der Waals surface area contributed by atoms with Crippen LogP contribution in [0.5, 0.6) is 0 Å². The predicted octanol–water partition coefficient (Wildman–Crippen LogP) is 4.01. The van der Waals surface area contributed by atoms with E-state index in [2.05, 4.69) is 11.4 Å². The summed E-state index contributed by atoms with van der Waals surface area (Å²) in [6, 6.07) is 8.05. The third-order valence-electron chi connectivity index (χ3n) is 3.28. The number of carbonyl (C=O) groups is 1. The molecule has 3 nitrogen and oxygen atoms in total. The minimum atomic E-state index is 0.0296. The van der Waals surface area contributed by atoms with Gasteiger partial charge in [-0.1, -0.05) is 17.7 Å². The van der Waals surface area contributed by atoms with Gasteiger partial charge in [0.2, 0.25) is 5.91 Å². The molecule has 1 atom stereocenters. The quantitative estimate of drug-likeness (QED) is 0.824. The molecule has 1 amide bonds. The number of rotatable bonds is 7. The molecule has 0 saturated heterocycles. The van der Waals surface area contributed by atoms with Crippen molar-refractivity contribution in [1.29, 1.82) is 0 Å². The Hall–Kier alpha value is -0.880. The predicted molar refractivity (Wildman–Crippen MR) is 91.4 cm³/mol. The van der Waals surface area contributed by atoms with Crippen LogP contribution < -0.4 is 5.32 Å². The van der Waals surface area contributed by atoms with Gasteiger partial charge in [-0.25, -0.2) is 0 Å². The standard InChI is InChI=1S/C15H19ClN2OS2/c1-3-18(4-2)14(19)10-17-15(11-6-5-9-20-11)12-7-8-13(16)21-12/h5-9,15,17H,3-4,10H2,1-2H3. The summed E-state index contributed by atoms with van der Waals surface area (Å²) < 4.78 is 0.767. The third kappa shape index (κ3) is 4.30. The van der Waals surface area contributed by atoms with E-state index in [1.165, 1.54) is 4.88 Å². The molecule has 2 rings (SSSR count). The number of halogens is 1. The number of amides is 1. The molecule has 0 radical (unpaired) electrons. The summed E-state index contributed by atoms with van der Waals surface area (Å²) in [6.45, 7) is 5.81. The zero-order valence-corrected chi connectivity index (χ0v) is 14.5. The summed E-state index contributed by atoms with van der Waals surface area (Å²) in [5.74, 6) is 0.129. The van der Waals surface area contributed by atoms with E-state index < -0.39 is 0 Å². The molecule has 0 saturated carbocycles. The maximum absolute atomic E-state index is 12.2. The van der Waals surface area contributed by atoms with Gasteiger partial charge in [0.05, 0.1) is 16.9 Å². The Morgan fingerprint density at radius 1 is 1.29 bits per heavy atom. The van der Waals surface area contributed by atoms with Crippen LogP contribution in [0.4, 0.5) is 0 Å². The minimum Gasteiger partial charge on any atom is -0.342 e. The fourth-order valence-corrected chi connectivity index (χ4v) is 4.21. The highest BCUT2D eigenvalue weighted by molar-refractivity contribution is 7.16. The zero-order valence-electron chi connectivity index (χ0n) is 12.1. The van der Waals surface area contributed by atoms with Crippen LogP contribution >= 0.6 is 34.3 Å². The Labute approximate surface area is 138 Å². The lowest BCUT2D eigenvalue weighted by molar-refractivity contribution is -0.129. The van der Waals surface area contributed by atoms with Crippen molar-refractivity contribution in [2.75, 3.05) is 19.6 Å². The molecular formula is C15H19ClN2OS2. The molecule has 2 aromatic rings. The number of hydrogen-bond acceptors (Lipinski definition) is 4. The van der Waals surface area contributed by atoms with Crippen LogP contribution in [0.1, 0.15) is 29.6 Å². The number of nitrogens with one attached hydrogen (secondary N) is 1. The molecule has 1 unspecified atom stereocenters. The molecule has 2 aromatic heterocycles. The maximum Gasteiger partial charge on any atom is 0.236 e.